The lowest BCUT2D eigenvalue weighted by molar-refractivity contribution is -0.137. The number of aromatic nitrogens is 3. The van der Waals surface area contributed by atoms with Gasteiger partial charge in [0.15, 0.2) is 5.78 Å². The number of anilines is 1. The Morgan fingerprint density at radius 2 is 2.03 bits per heavy atom. The minimum atomic E-state index is -4.50. The molecule has 0 aliphatic heterocycles. The van der Waals surface area contributed by atoms with Crippen molar-refractivity contribution >= 4 is 33.5 Å². The molecule has 15 heteroatoms. The lowest BCUT2D eigenvalue weighted by atomic mass is 10.1. The van der Waals surface area contributed by atoms with Crippen molar-refractivity contribution in [3.8, 4) is 0 Å². The van der Waals surface area contributed by atoms with Gasteiger partial charge in [0, 0.05) is 24.5 Å². The second-order valence-corrected chi connectivity index (χ2v) is 10.5. The summed E-state index contributed by atoms with van der Waals surface area (Å²) < 4.78 is 81.8. The van der Waals surface area contributed by atoms with Gasteiger partial charge in [0.25, 0.3) is 0 Å². The summed E-state index contributed by atoms with van der Waals surface area (Å²) in [5.74, 6) is -0.904. The second-order valence-electron chi connectivity index (χ2n) is 8.87. The quantitative estimate of drug-likeness (QED) is 0.292. The van der Waals surface area contributed by atoms with Gasteiger partial charge in [-0.1, -0.05) is 23.7 Å². The van der Waals surface area contributed by atoms with E-state index >= 15 is 0 Å². The van der Waals surface area contributed by atoms with E-state index in [1.54, 1.807) is 0 Å². The highest BCUT2D eigenvalue weighted by atomic mass is 35.5. The lowest BCUT2D eigenvalue weighted by Gasteiger charge is -2.17. The molecule has 2 aromatic heterocycles. The van der Waals surface area contributed by atoms with E-state index in [1.807, 2.05) is 0 Å². The van der Waals surface area contributed by atoms with Crippen molar-refractivity contribution in [1.29, 1.82) is 0 Å². The van der Waals surface area contributed by atoms with Gasteiger partial charge in [0.1, 0.15) is 23.5 Å². The molecule has 3 unspecified atom stereocenters. The number of nitrogens with zero attached hydrogens (tertiary/aromatic N) is 3. The average molecular weight is 576 g/mol. The molecule has 3 N–H and O–H groups in total. The monoisotopic (exact) mass is 575 g/mol. The molecule has 1 aliphatic rings. The van der Waals surface area contributed by atoms with Crippen molar-refractivity contribution in [2.75, 3.05) is 11.9 Å². The zero-order valence-electron chi connectivity index (χ0n) is 19.5. The minimum absolute atomic E-state index is 0.0139. The highest BCUT2D eigenvalue weighted by Gasteiger charge is 2.36. The molecule has 4 rings (SSSR count). The van der Waals surface area contributed by atoms with E-state index < -0.39 is 46.0 Å². The van der Waals surface area contributed by atoms with Crippen molar-refractivity contribution in [2.45, 2.75) is 37.8 Å². The molecule has 0 bridgehead atoms. The third kappa shape index (κ3) is 6.87. The number of carbonyl (C=O) groups excluding carboxylic acids is 1. The van der Waals surface area contributed by atoms with Crippen LogP contribution in [0.2, 0.25) is 5.15 Å². The molecule has 204 valence electrons. The molecule has 38 heavy (non-hydrogen) atoms. The molecule has 9 nitrogen and oxygen atoms in total. The molecular formula is C23H22ClF4N5O4S. The summed E-state index contributed by atoms with van der Waals surface area (Å²) in [6, 6.07) is 5.34. The number of hydrogen-bond donors (Lipinski definition) is 2. The van der Waals surface area contributed by atoms with Crippen LogP contribution in [0, 0.1) is 5.92 Å². The summed E-state index contributed by atoms with van der Waals surface area (Å²) in [6.45, 7) is -0.287. The van der Waals surface area contributed by atoms with Gasteiger partial charge in [0.2, 0.25) is 0 Å². The molecule has 0 amide bonds. The van der Waals surface area contributed by atoms with E-state index in [1.165, 1.54) is 41.5 Å². The highest BCUT2D eigenvalue weighted by Crippen LogP contribution is 2.33. The van der Waals surface area contributed by atoms with Gasteiger partial charge in [-0.05, 0) is 42.5 Å². The molecule has 0 saturated heterocycles. The van der Waals surface area contributed by atoms with Crippen molar-refractivity contribution in [1.82, 2.24) is 14.5 Å². The van der Waals surface area contributed by atoms with E-state index in [0.29, 0.717) is 5.56 Å². The molecule has 1 fully saturated rings. The summed E-state index contributed by atoms with van der Waals surface area (Å²) >= 11 is 6.26. The number of nitrogens with two attached hydrogens (primary N) is 1. The number of hydrogen-bond acceptors (Lipinski definition) is 7. The lowest BCUT2D eigenvalue weighted by Crippen LogP contribution is -2.27. The molecule has 1 aliphatic carbocycles. The Balaban J connectivity index is 1.49. The number of rotatable bonds is 9. The van der Waals surface area contributed by atoms with Crippen LogP contribution < -0.4 is 10.5 Å². The fourth-order valence-electron chi connectivity index (χ4n) is 4.27. The maximum Gasteiger partial charge on any atom is 0.416 e. The van der Waals surface area contributed by atoms with Gasteiger partial charge in [-0.3, -0.25) is 8.98 Å². The first-order chi connectivity index (χ1) is 17.8. The van der Waals surface area contributed by atoms with Crippen LogP contribution >= 0.6 is 11.6 Å². The second kappa shape index (κ2) is 11.0. The van der Waals surface area contributed by atoms with Crippen molar-refractivity contribution in [3.63, 3.8) is 0 Å². The van der Waals surface area contributed by atoms with E-state index in [4.69, 9.17) is 16.7 Å². The predicted octanol–water partition coefficient (Wildman–Crippen LogP) is 3.98. The van der Waals surface area contributed by atoms with Gasteiger partial charge >= 0.3 is 16.5 Å². The number of alkyl halides is 4. The summed E-state index contributed by atoms with van der Waals surface area (Å²) in [4.78, 5) is 21.2. The normalized spacial score (nSPS) is 20.0. The van der Waals surface area contributed by atoms with Crippen molar-refractivity contribution in [3.05, 3.63) is 76.5 Å². The summed E-state index contributed by atoms with van der Waals surface area (Å²) in [7, 11) is -4.16. The standard InChI is InChI=1S/C23H22ClF4N5O4S/c24-20-7-15(10-33(20)9-13-2-1-3-16(4-13)23(26,27)28)21(34)17-8-30-12-31-22(17)32-19-6-14(5-18(19)25)11-37-38(29,35)36/h1-4,7-8,10,12,14,18-19H,5-6,9,11H2,(H2,29,35,36)(H,30,31,32). The molecule has 0 spiro atoms. The average Bonchev–Trinajstić information content (AvgIpc) is 3.38. The highest BCUT2D eigenvalue weighted by molar-refractivity contribution is 7.84. The zero-order valence-corrected chi connectivity index (χ0v) is 21.1. The van der Waals surface area contributed by atoms with E-state index in [2.05, 4.69) is 19.5 Å². The third-order valence-corrected chi connectivity index (χ3v) is 6.83. The van der Waals surface area contributed by atoms with Gasteiger partial charge in [-0.15, -0.1) is 0 Å². The fraction of sp³-hybridized carbons (Fsp3) is 0.348. The minimum Gasteiger partial charge on any atom is -0.364 e. The van der Waals surface area contributed by atoms with Gasteiger partial charge in [0.05, 0.1) is 23.8 Å². The fourth-order valence-corrected chi connectivity index (χ4v) is 4.88. The molecule has 0 radical (unpaired) electrons. The van der Waals surface area contributed by atoms with Crippen molar-refractivity contribution < 1.29 is 35.0 Å². The first kappa shape index (κ1) is 28.0. The van der Waals surface area contributed by atoms with Crippen LogP contribution in [0.5, 0.6) is 0 Å². The first-order valence-corrected chi connectivity index (χ1v) is 13.1. The Morgan fingerprint density at radius 3 is 2.74 bits per heavy atom. The maximum absolute atomic E-state index is 14.6. The van der Waals surface area contributed by atoms with Gasteiger partial charge in [-0.2, -0.15) is 21.6 Å². The van der Waals surface area contributed by atoms with Crippen LogP contribution in [-0.4, -0.2) is 47.6 Å². The van der Waals surface area contributed by atoms with Crippen LogP contribution in [0.3, 0.4) is 0 Å². The van der Waals surface area contributed by atoms with Crippen LogP contribution in [-0.2, 0) is 27.2 Å². The molecule has 1 saturated carbocycles. The Labute approximate surface area is 220 Å². The molecule has 2 heterocycles. The summed E-state index contributed by atoms with van der Waals surface area (Å²) in [5, 5.41) is 7.83. The Morgan fingerprint density at radius 1 is 1.26 bits per heavy atom. The zero-order chi connectivity index (χ0) is 27.7. The number of ketones is 1. The summed E-state index contributed by atoms with van der Waals surface area (Å²) in [6.07, 6.45) is -1.82. The topological polar surface area (TPSA) is 129 Å². The van der Waals surface area contributed by atoms with Gasteiger partial charge in [-0.25, -0.2) is 19.5 Å². The predicted molar refractivity (Wildman–Crippen MR) is 130 cm³/mol. The smallest absolute Gasteiger partial charge is 0.364 e. The molecule has 1 aromatic carbocycles. The van der Waals surface area contributed by atoms with Gasteiger partial charge < -0.3 is 9.88 Å². The number of halogens is 5. The van der Waals surface area contributed by atoms with E-state index in [0.717, 1.165) is 12.1 Å². The van der Waals surface area contributed by atoms with Crippen LogP contribution in [0.25, 0.3) is 0 Å². The van der Waals surface area contributed by atoms with Crippen LogP contribution in [0.1, 0.15) is 39.9 Å². The van der Waals surface area contributed by atoms with E-state index in [-0.39, 0.29) is 48.1 Å². The SMILES string of the molecule is NS(=O)(=O)OCC1CC(F)C(Nc2ncncc2C(=O)c2cc(Cl)n(Cc3cccc(C(F)(F)F)c3)c2)C1. The largest absolute Gasteiger partial charge is 0.416 e. The Kier molecular flexibility index (Phi) is 8.06. The number of nitrogens with one attached hydrogen (secondary N) is 1. The van der Waals surface area contributed by atoms with Crippen molar-refractivity contribution in [2.24, 2.45) is 11.1 Å². The molecular weight excluding hydrogens is 554 g/mol. The Bertz CT molecular complexity index is 1430. The van der Waals surface area contributed by atoms with Crippen LogP contribution in [0.15, 0.2) is 49.1 Å². The first-order valence-electron chi connectivity index (χ1n) is 11.2. The number of carbonyl (C=O) groups is 1. The third-order valence-electron chi connectivity index (χ3n) is 6.04. The number of benzene rings is 1. The van der Waals surface area contributed by atoms with E-state index in [9.17, 15) is 30.8 Å². The molecule has 3 atom stereocenters. The molecule has 3 aromatic rings. The Hall–Kier alpha value is -3.07. The summed E-state index contributed by atoms with van der Waals surface area (Å²) in [5.41, 5.74) is -0.319. The van der Waals surface area contributed by atoms with Crippen LogP contribution in [0.4, 0.5) is 23.4 Å². The maximum atomic E-state index is 14.6.